The minimum atomic E-state index is -0.562. The Kier molecular flexibility index (Phi) is 6.89. The minimum Gasteiger partial charge on any atom is -0.496 e. The number of benzene rings is 4. The van der Waals surface area contributed by atoms with E-state index in [1.54, 1.807) is 84.9 Å². The molecule has 0 aromatic heterocycles. The summed E-state index contributed by atoms with van der Waals surface area (Å²) in [5, 5.41) is 0. The van der Waals surface area contributed by atoms with Gasteiger partial charge in [0.05, 0.1) is 14.2 Å². The fourth-order valence-electron chi connectivity index (χ4n) is 3.49. The molecule has 0 aliphatic rings. The Morgan fingerprint density at radius 2 is 0.794 bits per heavy atom. The highest BCUT2D eigenvalue weighted by Gasteiger charge is 2.20. The van der Waals surface area contributed by atoms with E-state index in [1.165, 1.54) is 14.2 Å². The molecule has 0 saturated carbocycles. The Morgan fingerprint density at radius 1 is 0.471 bits per heavy atom. The zero-order valence-corrected chi connectivity index (χ0v) is 18.7. The van der Waals surface area contributed by atoms with E-state index in [4.69, 9.17) is 18.9 Å². The third kappa shape index (κ3) is 4.76. The number of methoxy groups -OCH3 is 2. The van der Waals surface area contributed by atoms with Crippen LogP contribution in [0, 0.1) is 0 Å². The maximum absolute atomic E-state index is 12.9. The van der Waals surface area contributed by atoms with Crippen LogP contribution in [0.1, 0.15) is 20.7 Å². The first kappa shape index (κ1) is 22.6. The van der Waals surface area contributed by atoms with Crippen molar-refractivity contribution in [1.29, 1.82) is 0 Å². The van der Waals surface area contributed by atoms with Gasteiger partial charge in [0.15, 0.2) is 0 Å². The molecule has 0 spiro atoms. The quantitative estimate of drug-likeness (QED) is 0.259. The van der Waals surface area contributed by atoms with Gasteiger partial charge in [0.25, 0.3) is 0 Å². The van der Waals surface area contributed by atoms with E-state index in [0.29, 0.717) is 45.3 Å². The Morgan fingerprint density at radius 3 is 1.18 bits per heavy atom. The highest BCUT2D eigenvalue weighted by Crippen LogP contribution is 2.37. The van der Waals surface area contributed by atoms with Gasteiger partial charge in [-0.15, -0.1) is 0 Å². The summed E-state index contributed by atoms with van der Waals surface area (Å²) in [7, 11) is 2.98. The number of carbonyl (C=O) groups excluding carboxylic acids is 2. The van der Waals surface area contributed by atoms with E-state index in [9.17, 15) is 9.59 Å². The molecule has 0 amide bonds. The van der Waals surface area contributed by atoms with Crippen LogP contribution in [0.25, 0.3) is 11.1 Å². The second kappa shape index (κ2) is 10.4. The van der Waals surface area contributed by atoms with Crippen LogP contribution in [0.5, 0.6) is 23.0 Å². The summed E-state index contributed by atoms with van der Waals surface area (Å²) in [5.41, 5.74) is 1.79. The van der Waals surface area contributed by atoms with Crippen molar-refractivity contribution in [3.05, 3.63) is 108 Å². The van der Waals surface area contributed by atoms with E-state index in [0.717, 1.165) is 0 Å². The smallest absolute Gasteiger partial charge is 0.347 e. The molecule has 0 saturated heterocycles. The Bertz CT molecular complexity index is 1220. The standard InChI is InChI=1S/C28H22O6/c1-31-23-15-7-5-13-21(23)27(29)33-25-17-9-3-11-19(25)20-12-4-10-18-26(20)34-28(30)22-14-6-8-16-24(22)32-2/h3-18H,1-2H3. The Labute approximate surface area is 197 Å². The summed E-state index contributed by atoms with van der Waals surface area (Å²) < 4.78 is 22.0. The van der Waals surface area contributed by atoms with Gasteiger partial charge in [-0.05, 0) is 36.4 Å². The Balaban J connectivity index is 1.67. The van der Waals surface area contributed by atoms with E-state index in [2.05, 4.69) is 0 Å². The normalized spacial score (nSPS) is 10.3. The molecule has 0 N–H and O–H groups in total. The van der Waals surface area contributed by atoms with Gasteiger partial charge in [-0.25, -0.2) is 9.59 Å². The van der Waals surface area contributed by atoms with Crippen LogP contribution < -0.4 is 18.9 Å². The summed E-state index contributed by atoms with van der Waals surface area (Å²) >= 11 is 0. The molecule has 6 heteroatoms. The number of hydrogen-bond acceptors (Lipinski definition) is 6. The van der Waals surface area contributed by atoms with Crippen LogP contribution >= 0.6 is 0 Å². The van der Waals surface area contributed by atoms with Gasteiger partial charge in [-0.2, -0.15) is 0 Å². The fraction of sp³-hybridized carbons (Fsp3) is 0.0714. The topological polar surface area (TPSA) is 71.1 Å². The van der Waals surface area contributed by atoms with Crippen LogP contribution in [0.3, 0.4) is 0 Å². The summed E-state index contributed by atoms with van der Waals surface area (Å²) in [6.45, 7) is 0. The predicted molar refractivity (Wildman–Crippen MR) is 128 cm³/mol. The summed E-state index contributed by atoms with van der Waals surface area (Å²) in [6, 6.07) is 27.8. The SMILES string of the molecule is COc1ccccc1C(=O)Oc1ccccc1-c1ccccc1OC(=O)c1ccccc1OC. The molecule has 0 bridgehead atoms. The van der Waals surface area contributed by atoms with Gasteiger partial charge < -0.3 is 18.9 Å². The average Bonchev–Trinajstić information content (AvgIpc) is 2.89. The summed E-state index contributed by atoms with van der Waals surface area (Å²) in [4.78, 5) is 25.8. The van der Waals surface area contributed by atoms with Gasteiger partial charge in [0.2, 0.25) is 0 Å². The molecule has 0 aliphatic carbocycles. The lowest BCUT2D eigenvalue weighted by molar-refractivity contribution is 0.0719. The first-order valence-corrected chi connectivity index (χ1v) is 10.5. The fourth-order valence-corrected chi connectivity index (χ4v) is 3.49. The van der Waals surface area contributed by atoms with Crippen molar-refractivity contribution in [3.8, 4) is 34.1 Å². The van der Waals surface area contributed by atoms with Crippen molar-refractivity contribution in [2.24, 2.45) is 0 Å². The molecule has 0 atom stereocenters. The summed E-state index contributed by atoms with van der Waals surface area (Å²) in [6.07, 6.45) is 0. The van der Waals surface area contributed by atoms with Crippen LogP contribution in [0.15, 0.2) is 97.1 Å². The molecule has 0 heterocycles. The van der Waals surface area contributed by atoms with E-state index in [1.807, 2.05) is 12.1 Å². The number of esters is 2. The maximum Gasteiger partial charge on any atom is 0.347 e. The average molecular weight is 454 g/mol. The molecule has 4 rings (SSSR count). The lowest BCUT2D eigenvalue weighted by atomic mass is 10.0. The van der Waals surface area contributed by atoms with Gasteiger partial charge in [-0.3, -0.25) is 0 Å². The molecular weight excluding hydrogens is 432 g/mol. The lowest BCUT2D eigenvalue weighted by Crippen LogP contribution is -2.12. The summed E-state index contributed by atoms with van der Waals surface area (Å²) in [5.74, 6) is 0.340. The van der Waals surface area contributed by atoms with E-state index in [-0.39, 0.29) is 0 Å². The van der Waals surface area contributed by atoms with Crippen LogP contribution in [-0.2, 0) is 0 Å². The zero-order chi connectivity index (χ0) is 23.9. The molecule has 170 valence electrons. The van der Waals surface area contributed by atoms with Crippen LogP contribution in [0.2, 0.25) is 0 Å². The number of carbonyl (C=O) groups is 2. The van der Waals surface area contributed by atoms with Crippen molar-refractivity contribution in [2.75, 3.05) is 14.2 Å². The Hall–Kier alpha value is -4.58. The molecule has 0 unspecified atom stereocenters. The number of hydrogen-bond donors (Lipinski definition) is 0. The monoisotopic (exact) mass is 454 g/mol. The molecule has 0 radical (unpaired) electrons. The van der Waals surface area contributed by atoms with Crippen molar-refractivity contribution < 1.29 is 28.5 Å². The van der Waals surface area contributed by atoms with Crippen molar-refractivity contribution in [3.63, 3.8) is 0 Å². The number of ether oxygens (including phenoxy) is 4. The number of para-hydroxylation sites is 4. The molecule has 4 aromatic rings. The van der Waals surface area contributed by atoms with Crippen molar-refractivity contribution in [2.45, 2.75) is 0 Å². The van der Waals surface area contributed by atoms with Crippen LogP contribution in [0.4, 0.5) is 0 Å². The predicted octanol–water partition coefficient (Wildman–Crippen LogP) is 5.81. The lowest BCUT2D eigenvalue weighted by Gasteiger charge is -2.15. The molecule has 6 nitrogen and oxygen atoms in total. The maximum atomic E-state index is 12.9. The van der Waals surface area contributed by atoms with E-state index < -0.39 is 11.9 Å². The zero-order valence-electron chi connectivity index (χ0n) is 18.7. The van der Waals surface area contributed by atoms with Gasteiger partial charge in [0, 0.05) is 11.1 Å². The van der Waals surface area contributed by atoms with Crippen molar-refractivity contribution in [1.82, 2.24) is 0 Å². The molecule has 34 heavy (non-hydrogen) atoms. The third-order valence-electron chi connectivity index (χ3n) is 5.12. The van der Waals surface area contributed by atoms with Crippen molar-refractivity contribution >= 4 is 11.9 Å². The van der Waals surface area contributed by atoms with Gasteiger partial charge >= 0.3 is 11.9 Å². The molecule has 0 aliphatic heterocycles. The molecule has 0 fully saturated rings. The van der Waals surface area contributed by atoms with Crippen LogP contribution in [-0.4, -0.2) is 26.2 Å². The number of rotatable bonds is 7. The largest absolute Gasteiger partial charge is 0.496 e. The first-order valence-electron chi connectivity index (χ1n) is 10.5. The van der Waals surface area contributed by atoms with E-state index >= 15 is 0 Å². The first-order chi connectivity index (χ1) is 16.6. The third-order valence-corrected chi connectivity index (χ3v) is 5.12. The molecule has 4 aromatic carbocycles. The van der Waals surface area contributed by atoms with Gasteiger partial charge in [0.1, 0.15) is 34.1 Å². The minimum absolute atomic E-state index is 0.302. The second-order valence-electron chi connectivity index (χ2n) is 7.17. The van der Waals surface area contributed by atoms with Gasteiger partial charge in [-0.1, -0.05) is 60.7 Å². The second-order valence-corrected chi connectivity index (χ2v) is 7.17. The highest BCUT2D eigenvalue weighted by atomic mass is 16.5. The highest BCUT2D eigenvalue weighted by molar-refractivity contribution is 5.96. The molecular formula is C28H22O6.